The van der Waals surface area contributed by atoms with Gasteiger partial charge in [0.15, 0.2) is 0 Å². The van der Waals surface area contributed by atoms with Crippen LogP contribution in [0.5, 0.6) is 0 Å². The van der Waals surface area contributed by atoms with E-state index in [0.29, 0.717) is 17.6 Å². The zero-order chi connectivity index (χ0) is 14.2. The lowest BCUT2D eigenvalue weighted by Gasteiger charge is -2.37. The summed E-state index contributed by atoms with van der Waals surface area (Å²) in [7, 11) is -3.59. The highest BCUT2D eigenvalue weighted by molar-refractivity contribution is 9.10. The highest BCUT2D eigenvalue weighted by Crippen LogP contribution is 2.33. The Balaban J connectivity index is 2.48. The number of piperazine rings is 1. The molecule has 0 spiro atoms. The SMILES string of the molecule is CC1NCCN(S(=O)(=O)c2c(Cl)cccc2Br)C1C. The topological polar surface area (TPSA) is 49.4 Å². The number of hydrogen-bond acceptors (Lipinski definition) is 3. The molecular weight excluding hydrogens is 352 g/mol. The van der Waals surface area contributed by atoms with E-state index in [0.717, 1.165) is 0 Å². The summed E-state index contributed by atoms with van der Waals surface area (Å²) in [4.78, 5) is 0.151. The van der Waals surface area contributed by atoms with Crippen molar-refractivity contribution in [2.45, 2.75) is 30.8 Å². The van der Waals surface area contributed by atoms with E-state index >= 15 is 0 Å². The van der Waals surface area contributed by atoms with Gasteiger partial charge in [-0.25, -0.2) is 8.42 Å². The Kier molecular flexibility index (Phi) is 4.57. The lowest BCUT2D eigenvalue weighted by molar-refractivity contribution is 0.233. The Bertz CT molecular complexity index is 559. The van der Waals surface area contributed by atoms with Crippen LogP contribution in [-0.2, 0) is 10.0 Å². The van der Waals surface area contributed by atoms with Crippen LogP contribution < -0.4 is 5.32 Å². The van der Waals surface area contributed by atoms with Crippen molar-refractivity contribution in [1.82, 2.24) is 9.62 Å². The van der Waals surface area contributed by atoms with Gasteiger partial charge in [0.1, 0.15) is 4.90 Å². The molecule has 0 aromatic heterocycles. The van der Waals surface area contributed by atoms with Gasteiger partial charge in [-0.15, -0.1) is 0 Å². The van der Waals surface area contributed by atoms with Crippen LogP contribution in [0.15, 0.2) is 27.6 Å². The summed E-state index contributed by atoms with van der Waals surface area (Å²) >= 11 is 9.34. The van der Waals surface area contributed by atoms with Crippen molar-refractivity contribution in [3.05, 3.63) is 27.7 Å². The highest BCUT2D eigenvalue weighted by Gasteiger charge is 2.36. The van der Waals surface area contributed by atoms with E-state index < -0.39 is 10.0 Å². The molecule has 7 heteroatoms. The van der Waals surface area contributed by atoms with Crippen molar-refractivity contribution in [3.63, 3.8) is 0 Å². The minimum atomic E-state index is -3.59. The molecule has 1 heterocycles. The van der Waals surface area contributed by atoms with Crippen molar-refractivity contribution in [3.8, 4) is 0 Å². The quantitative estimate of drug-likeness (QED) is 0.873. The maximum Gasteiger partial charge on any atom is 0.246 e. The van der Waals surface area contributed by atoms with Gasteiger partial charge in [0.2, 0.25) is 10.0 Å². The van der Waals surface area contributed by atoms with Gasteiger partial charge in [-0.2, -0.15) is 4.31 Å². The van der Waals surface area contributed by atoms with Crippen LogP contribution in [0.25, 0.3) is 0 Å². The van der Waals surface area contributed by atoms with Gasteiger partial charge in [0.05, 0.1) is 5.02 Å². The molecule has 2 atom stereocenters. The van der Waals surface area contributed by atoms with E-state index in [9.17, 15) is 8.42 Å². The molecular formula is C12H16BrClN2O2S. The van der Waals surface area contributed by atoms with Gasteiger partial charge in [-0.3, -0.25) is 0 Å². The summed E-state index contributed by atoms with van der Waals surface area (Å²) in [6.07, 6.45) is 0. The second-order valence-electron chi connectivity index (χ2n) is 4.65. The van der Waals surface area contributed by atoms with Crippen LogP contribution in [0, 0.1) is 0 Å². The molecule has 1 N–H and O–H groups in total. The van der Waals surface area contributed by atoms with Crippen molar-refractivity contribution < 1.29 is 8.42 Å². The van der Waals surface area contributed by atoms with E-state index in [1.165, 1.54) is 4.31 Å². The number of hydrogen-bond donors (Lipinski definition) is 1. The standard InChI is InChI=1S/C12H16BrClN2O2S/c1-8-9(2)16(7-6-15-8)19(17,18)12-10(13)4-3-5-11(12)14/h3-5,8-9,15H,6-7H2,1-2H3. The minimum Gasteiger partial charge on any atom is -0.311 e. The first-order chi connectivity index (χ1) is 8.85. The Labute approximate surface area is 127 Å². The molecule has 1 fully saturated rings. The van der Waals surface area contributed by atoms with Crippen LogP contribution in [0.3, 0.4) is 0 Å². The molecule has 0 aliphatic carbocycles. The summed E-state index contributed by atoms with van der Waals surface area (Å²) in [5, 5.41) is 3.51. The van der Waals surface area contributed by atoms with E-state index in [2.05, 4.69) is 21.2 Å². The lowest BCUT2D eigenvalue weighted by atomic mass is 10.1. The first-order valence-corrected chi connectivity index (χ1v) is 8.66. The fourth-order valence-electron chi connectivity index (χ4n) is 2.21. The predicted molar refractivity (Wildman–Crippen MR) is 80.0 cm³/mol. The molecule has 1 aromatic carbocycles. The summed E-state index contributed by atoms with van der Waals surface area (Å²) in [6, 6.07) is 5.01. The van der Waals surface area contributed by atoms with Gasteiger partial charge in [0.25, 0.3) is 0 Å². The van der Waals surface area contributed by atoms with Crippen LogP contribution in [-0.4, -0.2) is 37.9 Å². The predicted octanol–water partition coefficient (Wildman–Crippen LogP) is 2.47. The van der Waals surface area contributed by atoms with Crippen molar-refractivity contribution in [2.24, 2.45) is 0 Å². The Hall–Kier alpha value is -0.140. The van der Waals surface area contributed by atoms with Gasteiger partial charge in [0, 0.05) is 29.6 Å². The van der Waals surface area contributed by atoms with Crippen LogP contribution in [0.1, 0.15) is 13.8 Å². The van der Waals surface area contributed by atoms with Crippen LogP contribution in [0.4, 0.5) is 0 Å². The minimum absolute atomic E-state index is 0.109. The summed E-state index contributed by atoms with van der Waals surface area (Å²) in [5.74, 6) is 0. The maximum atomic E-state index is 12.8. The summed E-state index contributed by atoms with van der Waals surface area (Å²) in [5.41, 5.74) is 0. The molecule has 106 valence electrons. The zero-order valence-electron chi connectivity index (χ0n) is 10.7. The molecule has 0 radical (unpaired) electrons. The fraction of sp³-hybridized carbons (Fsp3) is 0.500. The molecule has 19 heavy (non-hydrogen) atoms. The third-order valence-corrected chi connectivity index (χ3v) is 6.90. The molecule has 1 saturated heterocycles. The third-order valence-electron chi connectivity index (χ3n) is 3.46. The number of halogens is 2. The number of sulfonamides is 1. The Morgan fingerprint density at radius 3 is 2.74 bits per heavy atom. The smallest absolute Gasteiger partial charge is 0.246 e. The number of nitrogens with one attached hydrogen (secondary N) is 1. The summed E-state index contributed by atoms with van der Waals surface area (Å²) in [6.45, 7) is 4.98. The van der Waals surface area contributed by atoms with Gasteiger partial charge in [-0.1, -0.05) is 17.7 Å². The summed E-state index contributed by atoms with van der Waals surface area (Å²) < 4.78 is 27.5. The first kappa shape index (κ1) is 15.3. The Morgan fingerprint density at radius 2 is 2.11 bits per heavy atom. The van der Waals surface area contributed by atoms with Gasteiger partial charge in [-0.05, 0) is 41.9 Å². The van der Waals surface area contributed by atoms with Crippen molar-refractivity contribution in [1.29, 1.82) is 0 Å². The maximum absolute atomic E-state index is 12.8. The molecule has 2 rings (SSSR count). The molecule has 0 amide bonds. The van der Waals surface area contributed by atoms with E-state index in [1.54, 1.807) is 18.2 Å². The van der Waals surface area contributed by atoms with Crippen molar-refractivity contribution >= 4 is 37.6 Å². The normalized spacial score (nSPS) is 25.5. The second-order valence-corrected chi connectivity index (χ2v) is 7.74. The Morgan fingerprint density at radius 1 is 1.42 bits per heavy atom. The molecule has 4 nitrogen and oxygen atoms in total. The third kappa shape index (κ3) is 2.83. The molecule has 0 bridgehead atoms. The number of benzene rings is 1. The monoisotopic (exact) mass is 366 g/mol. The first-order valence-electron chi connectivity index (χ1n) is 6.05. The largest absolute Gasteiger partial charge is 0.311 e. The fourth-order valence-corrected chi connectivity index (χ4v) is 5.59. The average Bonchev–Trinajstić information content (AvgIpc) is 2.32. The van der Waals surface area contributed by atoms with Crippen LogP contribution in [0.2, 0.25) is 5.02 Å². The van der Waals surface area contributed by atoms with Crippen molar-refractivity contribution in [2.75, 3.05) is 13.1 Å². The molecule has 1 aliphatic rings. The van der Waals surface area contributed by atoms with Gasteiger partial charge >= 0.3 is 0 Å². The molecule has 0 saturated carbocycles. The molecule has 1 aromatic rings. The van der Waals surface area contributed by atoms with Crippen LogP contribution >= 0.6 is 27.5 Å². The highest BCUT2D eigenvalue weighted by atomic mass is 79.9. The zero-order valence-corrected chi connectivity index (χ0v) is 13.9. The average molecular weight is 368 g/mol. The lowest BCUT2D eigenvalue weighted by Crippen LogP contribution is -2.57. The number of nitrogens with zero attached hydrogens (tertiary/aromatic N) is 1. The number of rotatable bonds is 2. The van der Waals surface area contributed by atoms with E-state index in [4.69, 9.17) is 11.6 Å². The van der Waals surface area contributed by atoms with Gasteiger partial charge < -0.3 is 5.32 Å². The molecule has 1 aliphatic heterocycles. The van der Waals surface area contributed by atoms with E-state index in [-0.39, 0.29) is 22.0 Å². The second kappa shape index (κ2) is 5.69. The van der Waals surface area contributed by atoms with E-state index in [1.807, 2.05) is 13.8 Å². The molecule has 2 unspecified atom stereocenters.